The van der Waals surface area contributed by atoms with Crippen LogP contribution in [-0.4, -0.2) is 55.1 Å². The van der Waals surface area contributed by atoms with E-state index in [1.54, 1.807) is 0 Å². The maximum absolute atomic E-state index is 13.0. The third-order valence-corrected chi connectivity index (χ3v) is 7.64. The van der Waals surface area contributed by atoms with Crippen LogP contribution in [0.2, 0.25) is 0 Å². The predicted molar refractivity (Wildman–Crippen MR) is 123 cm³/mol. The molecule has 1 fully saturated rings. The van der Waals surface area contributed by atoms with Crippen LogP contribution in [0.3, 0.4) is 0 Å². The first-order chi connectivity index (χ1) is 16.3. The summed E-state index contributed by atoms with van der Waals surface area (Å²) in [6.07, 6.45) is 1.28. The van der Waals surface area contributed by atoms with Gasteiger partial charge in [0.2, 0.25) is 15.9 Å². The van der Waals surface area contributed by atoms with Crippen LogP contribution in [0.1, 0.15) is 24.3 Å². The summed E-state index contributed by atoms with van der Waals surface area (Å²) in [5.74, 6) is 0.721. The summed E-state index contributed by atoms with van der Waals surface area (Å²) in [4.78, 5) is 16.0. The number of aryl methyl sites for hydroxylation is 1. The Labute approximate surface area is 198 Å². The molecule has 9 nitrogen and oxygen atoms in total. The first-order valence-electron chi connectivity index (χ1n) is 10.9. The number of aliphatic carboxylic acids is 1. The number of sulfonamides is 1. The van der Waals surface area contributed by atoms with Gasteiger partial charge in [0.05, 0.1) is 24.3 Å². The zero-order valence-corrected chi connectivity index (χ0v) is 19.7. The number of hydrogen-bond donors (Lipinski definition) is 1. The van der Waals surface area contributed by atoms with Crippen LogP contribution in [-0.2, 0) is 21.2 Å². The van der Waals surface area contributed by atoms with E-state index in [9.17, 15) is 18.3 Å². The van der Waals surface area contributed by atoms with Crippen molar-refractivity contribution in [2.45, 2.75) is 37.1 Å². The number of carboxylic acids is 1. The summed E-state index contributed by atoms with van der Waals surface area (Å²) in [5.41, 5.74) is 1.66. The Morgan fingerprint density at radius 3 is 2.68 bits per heavy atom. The second kappa shape index (κ2) is 9.86. The number of hydrogen-bond acceptors (Lipinski definition) is 7. The standard InChI is InChI=1S/C24H26N2O7S/c1-16-19(25-23(33-16)17-7-4-3-5-8-17)12-14-32-21-11-10-18(15-22(21)31-2)34(29,30)26-13-6-9-20(26)24(27)28/h3-5,7-8,10-11,15,20H,6,9,12-14H2,1-2H3,(H,27,28). The lowest BCUT2D eigenvalue weighted by Gasteiger charge is -2.21. The molecule has 2 aromatic carbocycles. The van der Waals surface area contributed by atoms with Gasteiger partial charge in [-0.2, -0.15) is 4.31 Å². The van der Waals surface area contributed by atoms with E-state index >= 15 is 0 Å². The minimum Gasteiger partial charge on any atom is -0.493 e. The maximum Gasteiger partial charge on any atom is 0.322 e. The third kappa shape index (κ3) is 4.78. The van der Waals surface area contributed by atoms with Gasteiger partial charge in [-0.15, -0.1) is 0 Å². The van der Waals surface area contributed by atoms with Gasteiger partial charge in [-0.05, 0) is 44.0 Å². The van der Waals surface area contributed by atoms with Gasteiger partial charge in [-0.1, -0.05) is 18.2 Å². The number of carboxylic acid groups (broad SMARTS) is 1. The fourth-order valence-electron chi connectivity index (χ4n) is 3.96. The van der Waals surface area contributed by atoms with Crippen LogP contribution in [0, 0.1) is 6.92 Å². The van der Waals surface area contributed by atoms with Gasteiger partial charge in [0, 0.05) is 24.6 Å². The largest absolute Gasteiger partial charge is 0.493 e. The van der Waals surface area contributed by atoms with Crippen LogP contribution in [0.25, 0.3) is 11.5 Å². The van der Waals surface area contributed by atoms with Crippen LogP contribution < -0.4 is 9.47 Å². The van der Waals surface area contributed by atoms with E-state index in [-0.39, 0.29) is 23.8 Å². The molecule has 2 heterocycles. The molecule has 1 atom stereocenters. The number of aromatic nitrogens is 1. The van der Waals surface area contributed by atoms with Crippen molar-refractivity contribution < 1.29 is 32.2 Å². The molecule has 3 aromatic rings. The zero-order chi connectivity index (χ0) is 24.3. The molecule has 0 radical (unpaired) electrons. The van der Waals surface area contributed by atoms with E-state index in [1.165, 1.54) is 25.3 Å². The quantitative estimate of drug-likeness (QED) is 0.488. The fourth-order valence-corrected chi connectivity index (χ4v) is 5.63. The number of methoxy groups -OCH3 is 1. The summed E-state index contributed by atoms with van der Waals surface area (Å²) in [6, 6.07) is 12.8. The molecule has 0 bridgehead atoms. The minimum atomic E-state index is -3.98. The highest BCUT2D eigenvalue weighted by molar-refractivity contribution is 7.89. The molecule has 1 aromatic heterocycles. The second-order valence-corrected chi connectivity index (χ2v) is 9.80. The fraction of sp³-hybridized carbons (Fsp3) is 0.333. The highest BCUT2D eigenvalue weighted by atomic mass is 32.2. The smallest absolute Gasteiger partial charge is 0.322 e. The molecule has 1 N–H and O–H groups in total. The lowest BCUT2D eigenvalue weighted by Crippen LogP contribution is -2.40. The summed E-state index contributed by atoms with van der Waals surface area (Å²) in [6.45, 7) is 2.29. The van der Waals surface area contributed by atoms with Crippen molar-refractivity contribution in [1.29, 1.82) is 0 Å². The van der Waals surface area contributed by atoms with Crippen LogP contribution in [0.5, 0.6) is 11.5 Å². The molecule has 1 saturated heterocycles. The highest BCUT2D eigenvalue weighted by Gasteiger charge is 2.39. The Bertz CT molecular complexity index is 1270. The lowest BCUT2D eigenvalue weighted by atomic mass is 10.2. The van der Waals surface area contributed by atoms with E-state index in [2.05, 4.69) is 4.98 Å². The van der Waals surface area contributed by atoms with Gasteiger partial charge < -0.3 is 19.0 Å². The Balaban J connectivity index is 1.46. The van der Waals surface area contributed by atoms with Crippen LogP contribution in [0.4, 0.5) is 0 Å². The normalized spacial score (nSPS) is 16.5. The summed E-state index contributed by atoms with van der Waals surface area (Å²) in [5, 5.41) is 9.35. The zero-order valence-electron chi connectivity index (χ0n) is 18.9. The predicted octanol–water partition coefficient (Wildman–Crippen LogP) is 3.52. The Morgan fingerprint density at radius 1 is 1.21 bits per heavy atom. The average Bonchev–Trinajstić information content (AvgIpc) is 3.48. The van der Waals surface area contributed by atoms with Gasteiger partial charge >= 0.3 is 5.97 Å². The molecule has 1 aliphatic heterocycles. The number of rotatable bonds is 9. The Hall–Kier alpha value is -3.37. The molecule has 180 valence electrons. The minimum absolute atomic E-state index is 0.0373. The number of benzene rings is 2. The molecule has 34 heavy (non-hydrogen) atoms. The highest BCUT2D eigenvalue weighted by Crippen LogP contribution is 2.33. The first kappa shape index (κ1) is 23.8. The van der Waals surface area contributed by atoms with Crippen molar-refractivity contribution in [3.63, 3.8) is 0 Å². The molecule has 1 unspecified atom stereocenters. The van der Waals surface area contributed by atoms with Crippen LogP contribution >= 0.6 is 0 Å². The maximum atomic E-state index is 13.0. The van der Waals surface area contributed by atoms with E-state index < -0.39 is 22.0 Å². The number of oxazole rings is 1. The molecule has 0 spiro atoms. The number of ether oxygens (including phenoxy) is 2. The molecular weight excluding hydrogens is 460 g/mol. The monoisotopic (exact) mass is 486 g/mol. The second-order valence-electron chi connectivity index (χ2n) is 7.91. The molecule has 0 aliphatic carbocycles. The lowest BCUT2D eigenvalue weighted by molar-refractivity contribution is -0.140. The Morgan fingerprint density at radius 2 is 1.97 bits per heavy atom. The molecule has 0 saturated carbocycles. The summed E-state index contributed by atoms with van der Waals surface area (Å²) >= 11 is 0. The topological polar surface area (TPSA) is 119 Å². The van der Waals surface area contributed by atoms with Crippen molar-refractivity contribution >= 4 is 16.0 Å². The van der Waals surface area contributed by atoms with E-state index in [0.717, 1.165) is 15.6 Å². The van der Waals surface area contributed by atoms with E-state index in [4.69, 9.17) is 13.9 Å². The van der Waals surface area contributed by atoms with Gasteiger partial charge in [-0.3, -0.25) is 4.79 Å². The van der Waals surface area contributed by atoms with Gasteiger partial charge in [0.15, 0.2) is 11.5 Å². The van der Waals surface area contributed by atoms with E-state index in [1.807, 2.05) is 37.3 Å². The molecule has 1 aliphatic rings. The first-order valence-corrected chi connectivity index (χ1v) is 12.3. The molecular formula is C24H26N2O7S. The van der Waals surface area contributed by atoms with Gasteiger partial charge in [-0.25, -0.2) is 13.4 Å². The number of carbonyl (C=O) groups is 1. The molecule has 0 amide bonds. The Kier molecular flexibility index (Phi) is 6.90. The molecule has 4 rings (SSSR count). The van der Waals surface area contributed by atoms with Gasteiger partial charge in [0.25, 0.3) is 0 Å². The third-order valence-electron chi connectivity index (χ3n) is 5.74. The van der Waals surface area contributed by atoms with E-state index in [0.29, 0.717) is 36.7 Å². The van der Waals surface area contributed by atoms with Crippen molar-refractivity contribution in [2.24, 2.45) is 0 Å². The van der Waals surface area contributed by atoms with Crippen molar-refractivity contribution in [3.05, 3.63) is 60.0 Å². The van der Waals surface area contributed by atoms with Crippen molar-refractivity contribution in [3.8, 4) is 23.0 Å². The van der Waals surface area contributed by atoms with Gasteiger partial charge in [0.1, 0.15) is 11.8 Å². The van der Waals surface area contributed by atoms with Crippen molar-refractivity contribution in [1.82, 2.24) is 9.29 Å². The number of nitrogens with zero attached hydrogens (tertiary/aromatic N) is 2. The summed E-state index contributed by atoms with van der Waals surface area (Å²) < 4.78 is 44.1. The molecule has 10 heteroatoms. The van der Waals surface area contributed by atoms with Crippen LogP contribution in [0.15, 0.2) is 57.8 Å². The summed E-state index contributed by atoms with van der Waals surface area (Å²) in [7, 11) is -2.56. The SMILES string of the molecule is COc1cc(S(=O)(=O)N2CCCC2C(=O)O)ccc1OCCc1nc(-c2ccccc2)oc1C. The van der Waals surface area contributed by atoms with Crippen molar-refractivity contribution in [2.75, 3.05) is 20.3 Å². The average molecular weight is 487 g/mol.